The third-order valence-electron chi connectivity index (χ3n) is 2.78. The summed E-state index contributed by atoms with van der Waals surface area (Å²) in [5.74, 6) is -1.83. The van der Waals surface area contributed by atoms with E-state index in [0.29, 0.717) is 19.4 Å². The van der Waals surface area contributed by atoms with E-state index in [1.807, 2.05) is 0 Å². The van der Waals surface area contributed by atoms with Crippen LogP contribution in [0.1, 0.15) is 33.6 Å². The van der Waals surface area contributed by atoms with Crippen LogP contribution in [-0.2, 0) is 9.53 Å². The smallest absolute Gasteiger partial charge is 0.410 e. The first-order chi connectivity index (χ1) is 8.20. The van der Waals surface area contributed by atoms with Gasteiger partial charge in [0.1, 0.15) is 5.60 Å². The zero-order valence-corrected chi connectivity index (χ0v) is 11.0. The summed E-state index contributed by atoms with van der Waals surface area (Å²) in [6.07, 6.45) is -0.631. The molecule has 1 fully saturated rings. The lowest BCUT2D eigenvalue weighted by molar-refractivity contribution is -0.145. The SMILES string of the molecule is CC(C)(C)OC(=O)N1CCCC(C(=O)O)C(O)C1. The number of rotatable bonds is 1. The number of aliphatic hydroxyl groups is 1. The lowest BCUT2D eigenvalue weighted by Crippen LogP contribution is -2.42. The molecule has 1 saturated heterocycles. The minimum atomic E-state index is -1.04. The van der Waals surface area contributed by atoms with Crippen LogP contribution < -0.4 is 0 Å². The fourth-order valence-electron chi connectivity index (χ4n) is 1.92. The molecule has 1 heterocycles. The summed E-state index contributed by atoms with van der Waals surface area (Å²) in [7, 11) is 0. The van der Waals surface area contributed by atoms with Crippen LogP contribution in [-0.4, -0.2) is 52.0 Å². The molecule has 0 bridgehead atoms. The molecule has 0 saturated carbocycles. The highest BCUT2D eigenvalue weighted by Gasteiger charge is 2.33. The standard InChI is InChI=1S/C12H21NO5/c1-12(2,3)18-11(17)13-6-4-5-8(10(15)16)9(14)7-13/h8-9,14H,4-7H2,1-3H3,(H,15,16). The van der Waals surface area contributed by atoms with Gasteiger partial charge < -0.3 is 19.8 Å². The lowest BCUT2D eigenvalue weighted by Gasteiger charge is -2.27. The Hall–Kier alpha value is -1.30. The van der Waals surface area contributed by atoms with E-state index >= 15 is 0 Å². The first-order valence-electron chi connectivity index (χ1n) is 6.09. The molecule has 1 aliphatic heterocycles. The Balaban J connectivity index is 2.65. The maximum absolute atomic E-state index is 11.8. The molecule has 6 nitrogen and oxygen atoms in total. The van der Waals surface area contributed by atoms with Crippen molar-refractivity contribution >= 4 is 12.1 Å². The number of carboxylic acid groups (broad SMARTS) is 1. The van der Waals surface area contributed by atoms with Crippen molar-refractivity contribution in [1.82, 2.24) is 4.90 Å². The van der Waals surface area contributed by atoms with Gasteiger partial charge in [-0.25, -0.2) is 4.79 Å². The van der Waals surface area contributed by atoms with Gasteiger partial charge in [0.2, 0.25) is 0 Å². The highest BCUT2D eigenvalue weighted by atomic mass is 16.6. The molecule has 1 aliphatic rings. The molecule has 6 heteroatoms. The van der Waals surface area contributed by atoms with Gasteiger partial charge in [-0.15, -0.1) is 0 Å². The zero-order chi connectivity index (χ0) is 13.9. The molecule has 18 heavy (non-hydrogen) atoms. The average molecular weight is 259 g/mol. The van der Waals surface area contributed by atoms with Crippen LogP contribution in [0, 0.1) is 5.92 Å². The van der Waals surface area contributed by atoms with Crippen molar-refractivity contribution in [1.29, 1.82) is 0 Å². The first-order valence-corrected chi connectivity index (χ1v) is 6.09. The second-order valence-electron chi connectivity index (χ2n) is 5.58. The number of amides is 1. The third-order valence-corrected chi connectivity index (χ3v) is 2.78. The number of carboxylic acids is 1. The van der Waals surface area contributed by atoms with Crippen LogP contribution in [0.4, 0.5) is 4.79 Å². The largest absolute Gasteiger partial charge is 0.481 e. The zero-order valence-electron chi connectivity index (χ0n) is 11.0. The number of ether oxygens (including phenoxy) is 1. The number of β-amino-alcohol motifs (C(OH)–C–C–N with tert-alkyl or cyclic N) is 1. The Kier molecular flexibility index (Phi) is 4.56. The maximum Gasteiger partial charge on any atom is 0.410 e. The number of aliphatic carboxylic acids is 1. The second kappa shape index (κ2) is 5.56. The van der Waals surface area contributed by atoms with Gasteiger partial charge in [0.15, 0.2) is 0 Å². The lowest BCUT2D eigenvalue weighted by atomic mass is 9.98. The minimum absolute atomic E-state index is 0.00583. The van der Waals surface area contributed by atoms with E-state index in [1.54, 1.807) is 20.8 Å². The van der Waals surface area contributed by atoms with Crippen molar-refractivity contribution < 1.29 is 24.5 Å². The molecule has 2 atom stereocenters. The van der Waals surface area contributed by atoms with Crippen molar-refractivity contribution in [2.24, 2.45) is 5.92 Å². The van der Waals surface area contributed by atoms with Crippen molar-refractivity contribution in [3.8, 4) is 0 Å². The Morgan fingerprint density at radius 1 is 1.33 bits per heavy atom. The molecule has 0 radical (unpaired) electrons. The molecule has 0 aromatic rings. The topological polar surface area (TPSA) is 87.1 Å². The highest BCUT2D eigenvalue weighted by Crippen LogP contribution is 2.20. The van der Waals surface area contributed by atoms with Gasteiger partial charge in [0.05, 0.1) is 18.6 Å². The van der Waals surface area contributed by atoms with E-state index in [-0.39, 0.29) is 6.54 Å². The van der Waals surface area contributed by atoms with Gasteiger partial charge in [0, 0.05) is 6.54 Å². The summed E-state index contributed by atoms with van der Waals surface area (Å²) >= 11 is 0. The van der Waals surface area contributed by atoms with Crippen molar-refractivity contribution in [2.45, 2.75) is 45.3 Å². The van der Waals surface area contributed by atoms with Crippen LogP contribution in [0.25, 0.3) is 0 Å². The summed E-state index contributed by atoms with van der Waals surface area (Å²) < 4.78 is 5.21. The van der Waals surface area contributed by atoms with Gasteiger partial charge >= 0.3 is 12.1 Å². The molecule has 0 aromatic carbocycles. The fraction of sp³-hybridized carbons (Fsp3) is 0.833. The molecule has 2 unspecified atom stereocenters. The van der Waals surface area contributed by atoms with Crippen molar-refractivity contribution in [3.63, 3.8) is 0 Å². The fourth-order valence-corrected chi connectivity index (χ4v) is 1.92. The van der Waals surface area contributed by atoms with Crippen LogP contribution in [0.3, 0.4) is 0 Å². The monoisotopic (exact) mass is 259 g/mol. The predicted molar refractivity (Wildman–Crippen MR) is 64.2 cm³/mol. The number of nitrogens with zero attached hydrogens (tertiary/aromatic N) is 1. The van der Waals surface area contributed by atoms with Gasteiger partial charge in [0.25, 0.3) is 0 Å². The van der Waals surface area contributed by atoms with E-state index in [9.17, 15) is 14.7 Å². The van der Waals surface area contributed by atoms with Gasteiger partial charge in [-0.05, 0) is 33.6 Å². The third kappa shape index (κ3) is 4.18. The van der Waals surface area contributed by atoms with Gasteiger partial charge in [-0.2, -0.15) is 0 Å². The maximum atomic E-state index is 11.8. The van der Waals surface area contributed by atoms with Crippen molar-refractivity contribution in [3.05, 3.63) is 0 Å². The summed E-state index contributed by atoms with van der Waals surface area (Å²) in [6.45, 7) is 5.71. The van der Waals surface area contributed by atoms with Crippen LogP contribution >= 0.6 is 0 Å². The summed E-state index contributed by atoms with van der Waals surface area (Å²) in [5.41, 5.74) is -0.597. The predicted octanol–water partition coefficient (Wildman–Crippen LogP) is 1.08. The second-order valence-corrected chi connectivity index (χ2v) is 5.58. The summed E-state index contributed by atoms with van der Waals surface area (Å²) in [6, 6.07) is 0. The number of likely N-dealkylation sites (tertiary alicyclic amines) is 1. The van der Waals surface area contributed by atoms with Crippen LogP contribution in [0.5, 0.6) is 0 Å². The highest BCUT2D eigenvalue weighted by molar-refractivity contribution is 5.72. The number of aliphatic hydroxyl groups excluding tert-OH is 1. The number of hydrogen-bond acceptors (Lipinski definition) is 4. The Labute approximate surface area is 107 Å². The van der Waals surface area contributed by atoms with Crippen molar-refractivity contribution in [2.75, 3.05) is 13.1 Å². The van der Waals surface area contributed by atoms with Crippen LogP contribution in [0.15, 0.2) is 0 Å². The molecular weight excluding hydrogens is 238 g/mol. The normalized spacial score (nSPS) is 25.4. The number of carbonyl (C=O) groups excluding carboxylic acids is 1. The van der Waals surface area contributed by atoms with E-state index < -0.39 is 29.7 Å². The molecular formula is C12H21NO5. The quantitative estimate of drug-likeness (QED) is 0.735. The number of hydrogen-bond donors (Lipinski definition) is 2. The molecule has 104 valence electrons. The Bertz CT molecular complexity index is 323. The molecule has 2 N–H and O–H groups in total. The van der Waals surface area contributed by atoms with Gasteiger partial charge in [-0.3, -0.25) is 4.79 Å². The van der Waals surface area contributed by atoms with E-state index in [0.717, 1.165) is 0 Å². The molecule has 0 spiro atoms. The molecule has 0 aromatic heterocycles. The molecule has 0 aliphatic carbocycles. The molecule has 1 rings (SSSR count). The Morgan fingerprint density at radius 2 is 1.94 bits per heavy atom. The molecule has 1 amide bonds. The van der Waals surface area contributed by atoms with Gasteiger partial charge in [-0.1, -0.05) is 0 Å². The summed E-state index contributed by atoms with van der Waals surface area (Å²) in [4.78, 5) is 24.1. The number of carbonyl (C=O) groups is 2. The van der Waals surface area contributed by atoms with E-state index in [1.165, 1.54) is 4.90 Å². The van der Waals surface area contributed by atoms with E-state index in [4.69, 9.17) is 9.84 Å². The Morgan fingerprint density at radius 3 is 2.44 bits per heavy atom. The minimum Gasteiger partial charge on any atom is -0.481 e. The van der Waals surface area contributed by atoms with E-state index in [2.05, 4.69) is 0 Å². The first kappa shape index (κ1) is 14.8. The average Bonchev–Trinajstić information content (AvgIpc) is 2.37. The van der Waals surface area contributed by atoms with Crippen LogP contribution in [0.2, 0.25) is 0 Å². The summed E-state index contributed by atoms with van der Waals surface area (Å²) in [5, 5.41) is 18.8.